The van der Waals surface area contributed by atoms with Crippen molar-refractivity contribution in [3.05, 3.63) is 46.3 Å². The van der Waals surface area contributed by atoms with Gasteiger partial charge in [-0.2, -0.15) is 0 Å². The van der Waals surface area contributed by atoms with E-state index in [0.29, 0.717) is 28.4 Å². The summed E-state index contributed by atoms with van der Waals surface area (Å²) in [5.41, 5.74) is 4.54. The fourth-order valence-corrected chi connectivity index (χ4v) is 4.23. The van der Waals surface area contributed by atoms with Crippen LogP contribution < -0.4 is 21.6 Å². The molecule has 2 aliphatic rings. The lowest BCUT2D eigenvalue weighted by molar-refractivity contribution is 0.0833. The molecular formula is C19H21N7O2. The number of aromatic nitrogens is 4. The Morgan fingerprint density at radius 1 is 1.18 bits per heavy atom. The zero-order chi connectivity index (χ0) is 19.3. The number of carbonyl (C=O) groups excluding carboxylic acids is 1. The van der Waals surface area contributed by atoms with Crippen LogP contribution in [0.15, 0.2) is 29.5 Å². The minimum Gasteiger partial charge on any atom is -0.346 e. The van der Waals surface area contributed by atoms with Crippen LogP contribution in [0.1, 0.15) is 48.2 Å². The van der Waals surface area contributed by atoms with E-state index in [2.05, 4.69) is 31.0 Å². The largest absolute Gasteiger partial charge is 0.346 e. The van der Waals surface area contributed by atoms with Crippen LogP contribution in [-0.2, 0) is 0 Å². The summed E-state index contributed by atoms with van der Waals surface area (Å²) < 4.78 is 1.40. The first-order valence-corrected chi connectivity index (χ1v) is 9.49. The van der Waals surface area contributed by atoms with E-state index in [4.69, 9.17) is 0 Å². The summed E-state index contributed by atoms with van der Waals surface area (Å²) >= 11 is 0. The maximum absolute atomic E-state index is 13.2. The number of aromatic amines is 1. The number of anilines is 2. The molecule has 28 heavy (non-hydrogen) atoms. The molecule has 0 unspecified atom stereocenters. The summed E-state index contributed by atoms with van der Waals surface area (Å²) in [6, 6.07) is 3.54. The molecule has 1 saturated carbocycles. The second-order valence-electron chi connectivity index (χ2n) is 7.53. The Labute approximate surface area is 160 Å². The van der Waals surface area contributed by atoms with Gasteiger partial charge in [0.15, 0.2) is 0 Å². The summed E-state index contributed by atoms with van der Waals surface area (Å²) in [5, 5.41) is 7.00. The van der Waals surface area contributed by atoms with Crippen LogP contribution in [-0.4, -0.2) is 31.2 Å². The third-order valence-corrected chi connectivity index (χ3v) is 5.60. The molecule has 1 fully saturated rings. The van der Waals surface area contributed by atoms with E-state index in [9.17, 15) is 9.59 Å². The van der Waals surface area contributed by atoms with Gasteiger partial charge >= 0.3 is 0 Å². The zero-order valence-corrected chi connectivity index (χ0v) is 15.5. The summed E-state index contributed by atoms with van der Waals surface area (Å²) in [4.78, 5) is 37.5. The molecular weight excluding hydrogens is 358 g/mol. The Balaban J connectivity index is 1.59. The quantitative estimate of drug-likeness (QED) is 0.542. The fourth-order valence-electron chi connectivity index (χ4n) is 4.23. The standard InChI is InChI=1S/C19H21N7O2/c1-11-9-13(23-16-12-5-8-20-15(12)21-10-22-16)18(28)26-14(11)17(27)24-19(25-26)6-3-2-4-7-19/h5,8-10,25H,2-4,6-7H2,1H3,(H,24,27)(H2,20,21,22,23). The zero-order valence-electron chi connectivity index (χ0n) is 15.5. The Morgan fingerprint density at radius 2 is 2.00 bits per heavy atom. The van der Waals surface area contributed by atoms with Gasteiger partial charge in [-0.15, -0.1) is 0 Å². The number of aryl methyl sites for hydroxylation is 1. The average Bonchev–Trinajstić information content (AvgIpc) is 3.16. The van der Waals surface area contributed by atoms with E-state index >= 15 is 0 Å². The number of hydrogen-bond donors (Lipinski definition) is 4. The van der Waals surface area contributed by atoms with Crippen LogP contribution in [0.25, 0.3) is 11.0 Å². The molecule has 1 aliphatic carbocycles. The molecule has 9 heteroatoms. The number of H-pyrrole nitrogens is 1. The summed E-state index contributed by atoms with van der Waals surface area (Å²) in [5.74, 6) is 0.327. The highest BCUT2D eigenvalue weighted by molar-refractivity contribution is 5.96. The van der Waals surface area contributed by atoms with Crippen LogP contribution >= 0.6 is 0 Å². The monoisotopic (exact) mass is 379 g/mol. The molecule has 1 spiro atoms. The summed E-state index contributed by atoms with van der Waals surface area (Å²) in [6.07, 6.45) is 7.98. The summed E-state index contributed by atoms with van der Waals surface area (Å²) in [7, 11) is 0. The Morgan fingerprint density at radius 3 is 2.82 bits per heavy atom. The van der Waals surface area contributed by atoms with Gasteiger partial charge in [0.2, 0.25) is 0 Å². The molecule has 3 aromatic rings. The van der Waals surface area contributed by atoms with Crippen LogP contribution in [0.3, 0.4) is 0 Å². The lowest BCUT2D eigenvalue weighted by Gasteiger charge is -2.43. The molecule has 1 amide bonds. The van der Waals surface area contributed by atoms with E-state index in [0.717, 1.165) is 37.5 Å². The third-order valence-electron chi connectivity index (χ3n) is 5.60. The van der Waals surface area contributed by atoms with Gasteiger partial charge in [-0.3, -0.25) is 15.0 Å². The molecule has 0 bridgehead atoms. The van der Waals surface area contributed by atoms with E-state index < -0.39 is 5.66 Å². The average molecular weight is 379 g/mol. The van der Waals surface area contributed by atoms with Crippen LogP contribution in [0, 0.1) is 6.92 Å². The number of nitrogens with zero attached hydrogens (tertiary/aromatic N) is 3. The van der Waals surface area contributed by atoms with Crippen molar-refractivity contribution in [2.75, 3.05) is 10.7 Å². The van der Waals surface area contributed by atoms with E-state index in [1.165, 1.54) is 11.0 Å². The van der Waals surface area contributed by atoms with Gasteiger partial charge in [0.05, 0.1) is 5.39 Å². The van der Waals surface area contributed by atoms with Gasteiger partial charge < -0.3 is 15.6 Å². The van der Waals surface area contributed by atoms with Crippen LogP contribution in [0.4, 0.5) is 11.5 Å². The molecule has 0 saturated heterocycles. The summed E-state index contributed by atoms with van der Waals surface area (Å²) in [6.45, 7) is 1.82. The highest BCUT2D eigenvalue weighted by Crippen LogP contribution is 2.30. The predicted octanol–water partition coefficient (Wildman–Crippen LogP) is 2.12. The number of pyridine rings is 1. The van der Waals surface area contributed by atoms with Gasteiger partial charge in [-0.25, -0.2) is 14.6 Å². The maximum atomic E-state index is 13.2. The van der Waals surface area contributed by atoms with Crippen LogP contribution in [0.2, 0.25) is 0 Å². The molecule has 0 radical (unpaired) electrons. The highest BCUT2D eigenvalue weighted by atomic mass is 16.2. The van der Waals surface area contributed by atoms with Crippen molar-refractivity contribution in [2.45, 2.75) is 44.7 Å². The predicted molar refractivity (Wildman–Crippen MR) is 105 cm³/mol. The van der Waals surface area contributed by atoms with Crippen molar-refractivity contribution < 1.29 is 4.79 Å². The van der Waals surface area contributed by atoms with E-state index in [1.807, 2.05) is 13.0 Å². The normalized spacial score (nSPS) is 17.8. The Kier molecular flexibility index (Phi) is 3.65. The number of hydrogen-bond acceptors (Lipinski definition) is 6. The second-order valence-corrected chi connectivity index (χ2v) is 7.53. The first-order chi connectivity index (χ1) is 13.6. The fraction of sp³-hybridized carbons (Fsp3) is 0.368. The van der Waals surface area contributed by atoms with Crippen molar-refractivity contribution in [1.29, 1.82) is 0 Å². The van der Waals surface area contributed by atoms with Crippen molar-refractivity contribution >= 4 is 28.4 Å². The third kappa shape index (κ3) is 2.54. The molecule has 5 rings (SSSR count). The van der Waals surface area contributed by atoms with Gasteiger partial charge in [0.1, 0.15) is 34.8 Å². The van der Waals surface area contributed by atoms with Gasteiger partial charge in [-0.05, 0) is 50.3 Å². The van der Waals surface area contributed by atoms with Crippen molar-refractivity contribution in [2.24, 2.45) is 0 Å². The Bertz CT molecular complexity index is 1140. The minimum atomic E-state index is -0.556. The number of fused-ring (bicyclic) bond motifs is 2. The highest BCUT2D eigenvalue weighted by Gasteiger charge is 2.40. The van der Waals surface area contributed by atoms with Crippen molar-refractivity contribution in [1.82, 2.24) is 24.9 Å². The molecule has 3 aromatic heterocycles. The molecule has 4 heterocycles. The smallest absolute Gasteiger partial charge is 0.293 e. The van der Waals surface area contributed by atoms with Crippen LogP contribution in [0.5, 0.6) is 0 Å². The first-order valence-electron chi connectivity index (χ1n) is 9.49. The number of rotatable bonds is 2. The minimum absolute atomic E-state index is 0.211. The lowest BCUT2D eigenvalue weighted by atomic mass is 9.88. The molecule has 9 nitrogen and oxygen atoms in total. The molecule has 0 atom stereocenters. The van der Waals surface area contributed by atoms with Gasteiger partial charge in [0, 0.05) is 6.20 Å². The van der Waals surface area contributed by atoms with Gasteiger partial charge in [0.25, 0.3) is 11.5 Å². The number of nitrogens with one attached hydrogen (secondary N) is 4. The molecule has 0 aromatic carbocycles. The molecule has 144 valence electrons. The van der Waals surface area contributed by atoms with Crippen molar-refractivity contribution in [3.8, 4) is 0 Å². The number of amides is 1. The first kappa shape index (κ1) is 16.8. The molecule has 4 N–H and O–H groups in total. The SMILES string of the molecule is Cc1cc(Nc2ncnc3[nH]ccc23)c(=O)n2c1C(=O)NC1(CCCCC1)N2. The van der Waals surface area contributed by atoms with E-state index in [1.54, 1.807) is 12.3 Å². The second kappa shape index (κ2) is 6.08. The van der Waals surface area contributed by atoms with Crippen molar-refractivity contribution in [3.63, 3.8) is 0 Å². The topological polar surface area (TPSA) is 117 Å². The maximum Gasteiger partial charge on any atom is 0.293 e. The Hall–Kier alpha value is -3.36. The van der Waals surface area contributed by atoms with Gasteiger partial charge in [-0.1, -0.05) is 6.42 Å². The lowest BCUT2D eigenvalue weighted by Crippen LogP contribution is -2.64. The van der Waals surface area contributed by atoms with E-state index in [-0.39, 0.29) is 11.5 Å². The molecule has 1 aliphatic heterocycles. The number of carbonyl (C=O) groups is 1.